The fraction of sp³-hybridized carbons (Fsp3) is 0.350. The van der Waals surface area contributed by atoms with Gasteiger partial charge in [-0.2, -0.15) is 0 Å². The molecule has 5 nitrogen and oxygen atoms in total. The average molecular weight is 395 g/mol. The summed E-state index contributed by atoms with van der Waals surface area (Å²) in [5.41, 5.74) is 1.54. The second kappa shape index (κ2) is 8.52. The molecule has 1 fully saturated rings. The van der Waals surface area contributed by atoms with Crippen LogP contribution in [0.1, 0.15) is 18.4 Å². The molecule has 0 spiro atoms. The Morgan fingerprint density at radius 3 is 2.21 bits per heavy atom. The van der Waals surface area contributed by atoms with Crippen molar-refractivity contribution in [2.45, 2.75) is 31.8 Å². The third-order valence-electron chi connectivity index (χ3n) is 4.50. The fourth-order valence-electron chi connectivity index (χ4n) is 3.00. The number of hydrogen-bond acceptors (Lipinski definition) is 3. The van der Waals surface area contributed by atoms with E-state index < -0.39 is 6.36 Å². The van der Waals surface area contributed by atoms with E-state index in [0.29, 0.717) is 11.7 Å². The van der Waals surface area contributed by atoms with E-state index in [2.05, 4.69) is 10.1 Å². The summed E-state index contributed by atoms with van der Waals surface area (Å²) in [7, 11) is 1.61. The predicted octanol–water partition coefficient (Wildman–Crippen LogP) is 2.78. The Morgan fingerprint density at radius 2 is 1.68 bits per heavy atom. The van der Waals surface area contributed by atoms with E-state index >= 15 is 0 Å². The molecule has 1 atom stereocenters. The average Bonchev–Trinajstić information content (AvgIpc) is 3.47. The number of carbonyl (C=O) groups excluding carboxylic acids is 1. The molecule has 2 aromatic rings. The summed E-state index contributed by atoms with van der Waals surface area (Å²) in [6.45, 7) is 1.01. The third kappa shape index (κ3) is 6.16. The SMILES string of the molecule is COc1ccc(C[NH+](CC(=O)Nc2ccc(OC(F)(F)F)cc2)C2CC2)cc1. The molecule has 28 heavy (non-hydrogen) atoms. The van der Waals surface area contributed by atoms with Gasteiger partial charge in [0.05, 0.1) is 13.2 Å². The maximum Gasteiger partial charge on any atom is 0.573 e. The van der Waals surface area contributed by atoms with Gasteiger partial charge in [-0.25, -0.2) is 0 Å². The highest BCUT2D eigenvalue weighted by atomic mass is 19.4. The lowest BCUT2D eigenvalue weighted by Crippen LogP contribution is -3.13. The molecule has 0 aliphatic heterocycles. The smallest absolute Gasteiger partial charge is 0.497 e. The van der Waals surface area contributed by atoms with Crippen molar-refractivity contribution < 1.29 is 32.3 Å². The first kappa shape index (κ1) is 20.0. The van der Waals surface area contributed by atoms with Gasteiger partial charge in [-0.1, -0.05) is 0 Å². The van der Waals surface area contributed by atoms with Gasteiger partial charge in [0.1, 0.15) is 18.0 Å². The largest absolute Gasteiger partial charge is 0.573 e. The molecule has 0 radical (unpaired) electrons. The summed E-state index contributed by atoms with van der Waals surface area (Å²) in [6.07, 6.45) is -2.56. The van der Waals surface area contributed by atoms with Crippen molar-refractivity contribution >= 4 is 11.6 Å². The van der Waals surface area contributed by atoms with E-state index in [1.165, 1.54) is 29.2 Å². The van der Waals surface area contributed by atoms with Crippen LogP contribution in [-0.2, 0) is 11.3 Å². The first-order chi connectivity index (χ1) is 13.3. The number of nitrogens with one attached hydrogen (secondary N) is 2. The lowest BCUT2D eigenvalue weighted by molar-refractivity contribution is -0.916. The zero-order chi connectivity index (χ0) is 20.1. The second-order valence-electron chi connectivity index (χ2n) is 6.75. The predicted molar refractivity (Wildman–Crippen MR) is 97.3 cm³/mol. The Bertz CT molecular complexity index is 788. The number of rotatable bonds is 8. The number of methoxy groups -OCH3 is 1. The lowest BCUT2D eigenvalue weighted by atomic mass is 10.2. The molecule has 8 heteroatoms. The second-order valence-corrected chi connectivity index (χ2v) is 6.75. The monoisotopic (exact) mass is 395 g/mol. The topological polar surface area (TPSA) is 52.0 Å². The first-order valence-electron chi connectivity index (χ1n) is 8.95. The van der Waals surface area contributed by atoms with E-state index in [1.807, 2.05) is 24.3 Å². The van der Waals surface area contributed by atoms with Crippen LogP contribution in [0.15, 0.2) is 48.5 Å². The Morgan fingerprint density at radius 1 is 1.07 bits per heavy atom. The van der Waals surface area contributed by atoms with Crippen molar-refractivity contribution in [1.82, 2.24) is 0 Å². The number of amides is 1. The maximum absolute atomic E-state index is 12.4. The molecule has 0 saturated heterocycles. The molecule has 1 amide bonds. The van der Waals surface area contributed by atoms with Crippen LogP contribution in [0.5, 0.6) is 11.5 Å². The van der Waals surface area contributed by atoms with Crippen molar-refractivity contribution in [2.75, 3.05) is 19.0 Å². The van der Waals surface area contributed by atoms with Crippen molar-refractivity contribution in [2.24, 2.45) is 0 Å². The number of carbonyl (C=O) groups is 1. The summed E-state index contributed by atoms with van der Waals surface area (Å²) in [4.78, 5) is 13.6. The number of quaternary nitrogens is 1. The highest BCUT2D eigenvalue weighted by molar-refractivity contribution is 5.91. The highest BCUT2D eigenvalue weighted by Crippen LogP contribution is 2.24. The van der Waals surface area contributed by atoms with Gasteiger partial charge in [0.15, 0.2) is 6.54 Å². The molecule has 1 aliphatic rings. The maximum atomic E-state index is 12.4. The van der Waals surface area contributed by atoms with Gasteiger partial charge in [0.25, 0.3) is 5.91 Å². The van der Waals surface area contributed by atoms with Crippen LogP contribution < -0.4 is 19.7 Å². The minimum absolute atomic E-state index is 0.181. The molecule has 1 unspecified atom stereocenters. The Balaban J connectivity index is 1.55. The van der Waals surface area contributed by atoms with Gasteiger partial charge < -0.3 is 19.7 Å². The number of alkyl halides is 3. The van der Waals surface area contributed by atoms with Gasteiger partial charge in [0.2, 0.25) is 0 Å². The van der Waals surface area contributed by atoms with Gasteiger partial charge in [-0.3, -0.25) is 4.79 Å². The normalized spacial score (nSPS) is 15.0. The van der Waals surface area contributed by atoms with E-state index in [1.54, 1.807) is 7.11 Å². The number of benzene rings is 2. The minimum Gasteiger partial charge on any atom is -0.497 e. The van der Waals surface area contributed by atoms with Gasteiger partial charge in [-0.15, -0.1) is 13.2 Å². The number of halogens is 3. The van der Waals surface area contributed by atoms with E-state index in [-0.39, 0.29) is 18.2 Å². The highest BCUT2D eigenvalue weighted by Gasteiger charge is 2.34. The fourth-order valence-corrected chi connectivity index (χ4v) is 3.00. The van der Waals surface area contributed by atoms with Crippen LogP contribution >= 0.6 is 0 Å². The van der Waals surface area contributed by atoms with Crippen molar-refractivity contribution in [3.05, 3.63) is 54.1 Å². The summed E-state index contributed by atoms with van der Waals surface area (Å²) in [5.74, 6) is 0.280. The summed E-state index contributed by atoms with van der Waals surface area (Å²) >= 11 is 0. The van der Waals surface area contributed by atoms with E-state index in [4.69, 9.17) is 4.74 Å². The standard InChI is InChI=1S/C20H21F3N2O3/c1-27-17-8-2-14(3-9-17)12-25(16-6-7-16)13-19(26)24-15-4-10-18(11-5-15)28-20(21,22)23/h2-5,8-11,16H,6-7,12-13H2,1H3,(H,24,26)/p+1. The van der Waals surface area contributed by atoms with Gasteiger partial charge in [-0.05, 0) is 48.5 Å². The third-order valence-corrected chi connectivity index (χ3v) is 4.50. The van der Waals surface area contributed by atoms with Crippen molar-refractivity contribution in [3.63, 3.8) is 0 Å². The molecule has 0 aromatic heterocycles. The first-order valence-corrected chi connectivity index (χ1v) is 8.95. The Labute approximate surface area is 161 Å². The molecular weight excluding hydrogens is 373 g/mol. The summed E-state index contributed by atoms with van der Waals surface area (Å²) in [5, 5.41) is 2.73. The van der Waals surface area contributed by atoms with Crippen molar-refractivity contribution in [1.29, 1.82) is 0 Å². The minimum atomic E-state index is -4.74. The molecular formula is C20H22F3N2O3+. The molecule has 1 aliphatic carbocycles. The molecule has 2 N–H and O–H groups in total. The van der Waals surface area contributed by atoms with Crippen LogP contribution in [0.2, 0.25) is 0 Å². The van der Waals surface area contributed by atoms with Crippen molar-refractivity contribution in [3.8, 4) is 11.5 Å². The zero-order valence-electron chi connectivity index (χ0n) is 15.4. The molecule has 0 heterocycles. The summed E-state index contributed by atoms with van der Waals surface area (Å²) < 4.78 is 45.6. The van der Waals surface area contributed by atoms with Gasteiger partial charge in [0, 0.05) is 24.1 Å². The molecule has 3 rings (SSSR count). The molecule has 150 valence electrons. The van der Waals surface area contributed by atoms with Crippen LogP contribution in [-0.4, -0.2) is 32.0 Å². The summed E-state index contributed by atoms with van der Waals surface area (Å²) in [6, 6.07) is 13.3. The van der Waals surface area contributed by atoms with E-state index in [0.717, 1.165) is 30.7 Å². The lowest BCUT2D eigenvalue weighted by Gasteiger charge is -2.19. The van der Waals surface area contributed by atoms with Crippen LogP contribution in [0.25, 0.3) is 0 Å². The van der Waals surface area contributed by atoms with Crippen LogP contribution in [0.3, 0.4) is 0 Å². The molecule has 0 bridgehead atoms. The quantitative estimate of drug-likeness (QED) is 0.723. The molecule has 2 aromatic carbocycles. The van der Waals surface area contributed by atoms with Crippen LogP contribution in [0, 0.1) is 0 Å². The zero-order valence-corrected chi connectivity index (χ0v) is 15.4. The van der Waals surface area contributed by atoms with E-state index in [9.17, 15) is 18.0 Å². The van der Waals surface area contributed by atoms with Crippen LogP contribution in [0.4, 0.5) is 18.9 Å². The number of hydrogen-bond donors (Lipinski definition) is 2. The number of anilines is 1. The Hall–Kier alpha value is -2.74. The number of ether oxygens (including phenoxy) is 2. The van der Waals surface area contributed by atoms with Gasteiger partial charge >= 0.3 is 6.36 Å². The Kier molecular flexibility index (Phi) is 6.08. The molecule has 1 saturated carbocycles.